The first-order valence-corrected chi connectivity index (χ1v) is 13.3. The van der Waals surface area contributed by atoms with Crippen LogP contribution in [-0.4, -0.2) is 38.5 Å². The smallest absolute Gasteiger partial charge is 0.232 e. The van der Waals surface area contributed by atoms with Crippen LogP contribution in [0.25, 0.3) is 39.1 Å². The van der Waals surface area contributed by atoms with Gasteiger partial charge in [0.05, 0.1) is 23.3 Å². The Labute approximate surface area is 212 Å². The molecule has 5 aromatic rings. The predicted octanol–water partition coefficient (Wildman–Crippen LogP) is 5.57. The number of hydrogen-bond acceptors (Lipinski definition) is 5. The molecule has 0 spiro atoms. The van der Waals surface area contributed by atoms with Crippen molar-refractivity contribution in [3.8, 4) is 27.9 Å². The lowest BCUT2D eigenvalue weighted by molar-refractivity contribution is 0.532. The number of rotatable bonds is 7. The summed E-state index contributed by atoms with van der Waals surface area (Å²) in [6, 6.07) is 10.2. The number of nitrogens with one attached hydrogen (secondary N) is 1. The Balaban J connectivity index is 1.62. The largest absolute Gasteiger partial charge is 0.283 e. The van der Waals surface area contributed by atoms with E-state index < -0.39 is 21.7 Å². The van der Waals surface area contributed by atoms with Gasteiger partial charge in [0.2, 0.25) is 10.0 Å². The van der Waals surface area contributed by atoms with Crippen LogP contribution in [-0.2, 0) is 10.0 Å². The van der Waals surface area contributed by atoms with Gasteiger partial charge in [-0.2, -0.15) is 5.10 Å². The van der Waals surface area contributed by atoms with Crippen molar-refractivity contribution in [2.45, 2.75) is 26.8 Å². The molecular weight excluding hydrogens is 498 g/mol. The minimum absolute atomic E-state index is 0.127. The zero-order chi connectivity index (χ0) is 26.3. The molecule has 37 heavy (non-hydrogen) atoms. The number of benzene rings is 2. The molecular formula is C26H24F2N6O2S. The van der Waals surface area contributed by atoms with Gasteiger partial charge in [0.15, 0.2) is 5.65 Å². The van der Waals surface area contributed by atoms with Gasteiger partial charge in [0.1, 0.15) is 23.5 Å². The molecule has 0 aliphatic rings. The van der Waals surface area contributed by atoms with Gasteiger partial charge < -0.3 is 0 Å². The number of anilines is 1. The molecule has 3 heterocycles. The van der Waals surface area contributed by atoms with Crippen LogP contribution in [0.3, 0.4) is 0 Å². The summed E-state index contributed by atoms with van der Waals surface area (Å²) in [6.45, 7) is 5.60. The third-order valence-corrected chi connectivity index (χ3v) is 7.25. The summed E-state index contributed by atoms with van der Waals surface area (Å²) in [5.74, 6) is -1.60. The van der Waals surface area contributed by atoms with Crippen molar-refractivity contribution in [3.05, 3.63) is 79.0 Å². The molecule has 0 aliphatic carbocycles. The highest BCUT2D eigenvalue weighted by molar-refractivity contribution is 7.92. The fourth-order valence-electron chi connectivity index (χ4n) is 3.96. The molecule has 3 aromatic heterocycles. The highest BCUT2D eigenvalue weighted by Crippen LogP contribution is 2.31. The lowest BCUT2D eigenvalue weighted by atomic mass is 10.0. The number of aromatic nitrogens is 5. The number of sulfonamides is 1. The Morgan fingerprint density at radius 1 is 0.973 bits per heavy atom. The fourth-order valence-corrected chi connectivity index (χ4v) is 4.58. The van der Waals surface area contributed by atoms with Gasteiger partial charge in [-0.25, -0.2) is 27.2 Å². The first-order chi connectivity index (χ1) is 17.6. The summed E-state index contributed by atoms with van der Waals surface area (Å²) in [4.78, 5) is 9.09. The Bertz CT molecular complexity index is 1730. The number of fused-ring (bicyclic) bond motifs is 1. The van der Waals surface area contributed by atoms with Gasteiger partial charge in [0, 0.05) is 41.2 Å². The van der Waals surface area contributed by atoms with Crippen molar-refractivity contribution in [2.24, 2.45) is 0 Å². The quantitative estimate of drug-likeness (QED) is 0.302. The minimum atomic E-state index is -3.61. The first-order valence-electron chi connectivity index (χ1n) is 11.6. The molecule has 0 amide bonds. The van der Waals surface area contributed by atoms with Crippen molar-refractivity contribution >= 4 is 26.9 Å². The molecule has 0 saturated heterocycles. The second-order valence-electron chi connectivity index (χ2n) is 8.88. The van der Waals surface area contributed by atoms with Crippen molar-refractivity contribution in [1.29, 1.82) is 0 Å². The average Bonchev–Trinajstić information content (AvgIpc) is 3.51. The molecule has 5 rings (SSSR count). The maximum atomic E-state index is 14.6. The van der Waals surface area contributed by atoms with Crippen molar-refractivity contribution in [3.63, 3.8) is 0 Å². The molecule has 1 N–H and O–H groups in total. The maximum absolute atomic E-state index is 14.6. The summed E-state index contributed by atoms with van der Waals surface area (Å²) < 4.78 is 58.8. The van der Waals surface area contributed by atoms with Crippen molar-refractivity contribution in [1.82, 2.24) is 24.3 Å². The van der Waals surface area contributed by atoms with Crippen LogP contribution < -0.4 is 4.72 Å². The number of pyridine rings is 1. The van der Waals surface area contributed by atoms with Gasteiger partial charge in [0.25, 0.3) is 0 Å². The van der Waals surface area contributed by atoms with E-state index >= 15 is 0 Å². The normalized spacial score (nSPS) is 11.9. The van der Waals surface area contributed by atoms with Crippen molar-refractivity contribution in [2.75, 3.05) is 10.5 Å². The molecule has 0 fully saturated rings. The van der Waals surface area contributed by atoms with Crippen LogP contribution in [0, 0.1) is 11.6 Å². The summed E-state index contributed by atoms with van der Waals surface area (Å²) >= 11 is 0. The summed E-state index contributed by atoms with van der Waals surface area (Å²) in [7, 11) is -3.61. The second-order valence-corrected chi connectivity index (χ2v) is 10.9. The second kappa shape index (κ2) is 9.40. The Hall–Kier alpha value is -4.12. The minimum Gasteiger partial charge on any atom is -0.283 e. The Morgan fingerprint density at radius 2 is 1.78 bits per heavy atom. The standard InChI is InChI=1S/C26H24F2N6O2S/c1-4-37(35,36)32-21-7-17(23-6-5-20(27)10-24(23)28)8-22(11-21)33-15-30-25-9-18(12-29-26(25)33)19-13-31-34(14-19)16(2)3/h5-16,32H,4H2,1-3H3. The molecule has 0 aliphatic heterocycles. The molecule has 0 bridgehead atoms. The number of nitrogens with zero attached hydrogens (tertiary/aromatic N) is 5. The van der Waals surface area contributed by atoms with Gasteiger partial charge in [-0.1, -0.05) is 0 Å². The number of imidazole rings is 1. The van der Waals surface area contributed by atoms with Crippen LogP contribution in [0.5, 0.6) is 0 Å². The molecule has 0 unspecified atom stereocenters. The van der Waals surface area contributed by atoms with E-state index in [-0.39, 0.29) is 23.0 Å². The van der Waals surface area contributed by atoms with Gasteiger partial charge in [-0.15, -0.1) is 0 Å². The van der Waals surface area contributed by atoms with Gasteiger partial charge in [-0.05, 0) is 62.7 Å². The van der Waals surface area contributed by atoms with E-state index in [2.05, 4.69) is 19.8 Å². The Morgan fingerprint density at radius 3 is 2.49 bits per heavy atom. The lowest BCUT2D eigenvalue weighted by Gasteiger charge is -2.13. The zero-order valence-corrected chi connectivity index (χ0v) is 21.2. The van der Waals surface area contributed by atoms with E-state index in [4.69, 9.17) is 0 Å². The van der Waals surface area contributed by atoms with E-state index in [1.165, 1.54) is 19.1 Å². The van der Waals surface area contributed by atoms with E-state index in [1.54, 1.807) is 35.4 Å². The fraction of sp³-hybridized carbons (Fsp3) is 0.192. The Kier molecular flexibility index (Phi) is 6.24. The van der Waals surface area contributed by atoms with E-state index in [0.29, 0.717) is 22.4 Å². The molecule has 0 atom stereocenters. The summed E-state index contributed by atoms with van der Waals surface area (Å²) in [6.07, 6.45) is 6.99. The summed E-state index contributed by atoms with van der Waals surface area (Å²) in [5.41, 5.74) is 4.13. The van der Waals surface area contributed by atoms with Crippen LogP contribution in [0.2, 0.25) is 0 Å². The van der Waals surface area contributed by atoms with Gasteiger partial charge in [-0.3, -0.25) is 14.0 Å². The molecule has 0 saturated carbocycles. The predicted molar refractivity (Wildman–Crippen MR) is 139 cm³/mol. The van der Waals surface area contributed by atoms with Gasteiger partial charge >= 0.3 is 0 Å². The number of halogens is 2. The SMILES string of the molecule is CCS(=O)(=O)Nc1cc(-c2ccc(F)cc2F)cc(-n2cnc3cc(-c4cnn(C(C)C)c4)cnc32)c1. The molecule has 2 aromatic carbocycles. The molecule has 190 valence electrons. The number of hydrogen-bond donors (Lipinski definition) is 1. The van der Waals surface area contributed by atoms with Crippen molar-refractivity contribution < 1.29 is 17.2 Å². The first kappa shape index (κ1) is 24.6. The lowest BCUT2D eigenvalue weighted by Crippen LogP contribution is -2.15. The zero-order valence-electron chi connectivity index (χ0n) is 20.4. The summed E-state index contributed by atoms with van der Waals surface area (Å²) in [5, 5.41) is 4.37. The van der Waals surface area contributed by atoms with Crippen LogP contribution in [0.1, 0.15) is 26.8 Å². The monoisotopic (exact) mass is 522 g/mol. The molecule has 8 nitrogen and oxygen atoms in total. The van der Waals surface area contributed by atoms with Crippen LogP contribution >= 0.6 is 0 Å². The molecule has 11 heteroatoms. The van der Waals surface area contributed by atoms with Crippen LogP contribution in [0.15, 0.2) is 67.4 Å². The third kappa shape index (κ3) is 4.94. The average molecular weight is 523 g/mol. The third-order valence-electron chi connectivity index (χ3n) is 5.94. The van der Waals surface area contributed by atoms with E-state index in [9.17, 15) is 17.2 Å². The molecule has 0 radical (unpaired) electrons. The maximum Gasteiger partial charge on any atom is 0.232 e. The highest BCUT2D eigenvalue weighted by Gasteiger charge is 2.16. The highest BCUT2D eigenvalue weighted by atomic mass is 32.2. The van der Waals surface area contributed by atoms with Crippen LogP contribution in [0.4, 0.5) is 14.5 Å². The van der Waals surface area contributed by atoms with E-state index in [1.807, 2.05) is 30.8 Å². The van der Waals surface area contributed by atoms with E-state index in [0.717, 1.165) is 23.3 Å². The topological polar surface area (TPSA) is 94.7 Å².